The normalized spacial score (nSPS) is 10.1. The maximum absolute atomic E-state index is 12.9. The number of phenolic OH excluding ortho intramolecular Hbond substituents is 1. The molecule has 0 saturated heterocycles. The van der Waals surface area contributed by atoms with Crippen LogP contribution in [0.3, 0.4) is 0 Å². The van der Waals surface area contributed by atoms with Gasteiger partial charge in [-0.1, -0.05) is 0 Å². The molecule has 1 aromatic carbocycles. The van der Waals surface area contributed by atoms with E-state index in [1.807, 2.05) is 6.92 Å². The molecule has 0 aliphatic rings. The highest BCUT2D eigenvalue weighted by Gasteiger charge is 2.06. The van der Waals surface area contributed by atoms with Crippen molar-refractivity contribution < 1.29 is 9.50 Å². The highest BCUT2D eigenvalue weighted by molar-refractivity contribution is 7.98. The quantitative estimate of drug-likeness (QED) is 0.657. The Morgan fingerprint density at radius 1 is 1.45 bits per heavy atom. The third kappa shape index (κ3) is 1.66. The Labute approximate surface area is 69.2 Å². The lowest BCUT2D eigenvalue weighted by atomic mass is 10.2. The van der Waals surface area contributed by atoms with Crippen LogP contribution < -0.4 is 0 Å². The standard InChI is InChI=1S/C8H9FOS/c1-5-3-6(10)8(9)7(4-5)11-2/h3-4,10H,1-2H3. The molecular weight excluding hydrogens is 163 g/mol. The summed E-state index contributed by atoms with van der Waals surface area (Å²) in [6.07, 6.45) is 1.78. The van der Waals surface area contributed by atoms with Crippen LogP contribution in [0, 0.1) is 12.7 Å². The smallest absolute Gasteiger partial charge is 0.178 e. The van der Waals surface area contributed by atoms with Gasteiger partial charge in [0.05, 0.1) is 0 Å². The van der Waals surface area contributed by atoms with Crippen molar-refractivity contribution in [1.29, 1.82) is 0 Å². The van der Waals surface area contributed by atoms with Crippen molar-refractivity contribution in [2.45, 2.75) is 11.8 Å². The summed E-state index contributed by atoms with van der Waals surface area (Å²) in [4.78, 5) is 0.488. The van der Waals surface area contributed by atoms with E-state index in [4.69, 9.17) is 5.11 Å². The molecule has 1 N–H and O–H groups in total. The molecule has 1 aromatic rings. The van der Waals surface area contributed by atoms with E-state index in [0.717, 1.165) is 5.56 Å². The van der Waals surface area contributed by atoms with E-state index >= 15 is 0 Å². The summed E-state index contributed by atoms with van der Waals surface area (Å²) in [6.45, 7) is 1.82. The largest absolute Gasteiger partial charge is 0.505 e. The fourth-order valence-corrected chi connectivity index (χ4v) is 1.45. The summed E-state index contributed by atoms with van der Waals surface area (Å²) in [7, 11) is 0. The van der Waals surface area contributed by atoms with Gasteiger partial charge in [0.2, 0.25) is 0 Å². The highest BCUT2D eigenvalue weighted by Crippen LogP contribution is 2.27. The molecule has 0 bridgehead atoms. The van der Waals surface area contributed by atoms with Gasteiger partial charge in [-0.2, -0.15) is 0 Å². The predicted molar refractivity (Wildman–Crippen MR) is 44.6 cm³/mol. The second-order valence-corrected chi connectivity index (χ2v) is 3.15. The van der Waals surface area contributed by atoms with Crippen LogP contribution in [0.25, 0.3) is 0 Å². The number of hydrogen-bond acceptors (Lipinski definition) is 2. The molecule has 0 aliphatic heterocycles. The number of rotatable bonds is 1. The first kappa shape index (κ1) is 8.40. The second-order valence-electron chi connectivity index (χ2n) is 2.30. The summed E-state index contributed by atoms with van der Waals surface area (Å²) in [5.41, 5.74) is 0.869. The Hall–Kier alpha value is -0.700. The lowest BCUT2D eigenvalue weighted by Crippen LogP contribution is -1.83. The minimum atomic E-state index is -0.525. The van der Waals surface area contributed by atoms with Crippen LogP contribution in [0.5, 0.6) is 5.75 Å². The number of aryl methyl sites for hydroxylation is 1. The van der Waals surface area contributed by atoms with Crippen LogP contribution in [0.4, 0.5) is 4.39 Å². The van der Waals surface area contributed by atoms with Crippen molar-refractivity contribution in [3.63, 3.8) is 0 Å². The average Bonchev–Trinajstić information content (AvgIpc) is 1.96. The van der Waals surface area contributed by atoms with Gasteiger partial charge in [-0.05, 0) is 30.9 Å². The summed E-state index contributed by atoms with van der Waals surface area (Å²) in [5.74, 6) is -0.794. The molecule has 3 heteroatoms. The molecule has 1 rings (SSSR count). The summed E-state index contributed by atoms with van der Waals surface area (Å²) >= 11 is 1.29. The van der Waals surface area contributed by atoms with E-state index in [1.54, 1.807) is 12.3 Å². The Bertz CT molecular complexity index is 273. The van der Waals surface area contributed by atoms with Gasteiger partial charge in [0, 0.05) is 4.90 Å². The van der Waals surface area contributed by atoms with E-state index in [9.17, 15) is 4.39 Å². The van der Waals surface area contributed by atoms with Crippen molar-refractivity contribution in [1.82, 2.24) is 0 Å². The topological polar surface area (TPSA) is 20.2 Å². The first-order valence-corrected chi connectivity index (χ1v) is 4.40. The molecule has 0 radical (unpaired) electrons. The molecule has 0 spiro atoms. The predicted octanol–water partition coefficient (Wildman–Crippen LogP) is 2.56. The number of thioether (sulfide) groups is 1. The van der Waals surface area contributed by atoms with E-state index in [0.29, 0.717) is 4.90 Å². The SMILES string of the molecule is CSc1cc(C)cc(O)c1F. The zero-order valence-electron chi connectivity index (χ0n) is 6.39. The Kier molecular flexibility index (Phi) is 2.39. The molecule has 0 heterocycles. The van der Waals surface area contributed by atoms with E-state index in [2.05, 4.69) is 0 Å². The van der Waals surface area contributed by atoms with Gasteiger partial charge in [0.1, 0.15) is 0 Å². The first-order chi connectivity index (χ1) is 5.15. The first-order valence-electron chi connectivity index (χ1n) is 3.18. The number of halogens is 1. The minimum Gasteiger partial charge on any atom is -0.505 e. The molecule has 0 atom stereocenters. The Morgan fingerprint density at radius 3 is 2.64 bits per heavy atom. The monoisotopic (exact) mass is 172 g/mol. The highest BCUT2D eigenvalue weighted by atomic mass is 32.2. The van der Waals surface area contributed by atoms with Crippen LogP contribution >= 0.6 is 11.8 Å². The van der Waals surface area contributed by atoms with E-state index in [1.165, 1.54) is 17.8 Å². The second kappa shape index (κ2) is 3.13. The number of aromatic hydroxyl groups is 1. The van der Waals surface area contributed by atoms with Crippen LogP contribution in [-0.4, -0.2) is 11.4 Å². The lowest BCUT2D eigenvalue weighted by Gasteiger charge is -2.02. The summed E-state index contributed by atoms with van der Waals surface area (Å²) in [6, 6.07) is 3.12. The Balaban J connectivity index is 3.24. The fourth-order valence-electron chi connectivity index (χ4n) is 0.866. The number of benzene rings is 1. The van der Waals surface area contributed by atoms with Crippen molar-refractivity contribution >= 4 is 11.8 Å². The molecular formula is C8H9FOS. The zero-order chi connectivity index (χ0) is 8.43. The lowest BCUT2D eigenvalue weighted by molar-refractivity contribution is 0.424. The number of hydrogen-bond donors (Lipinski definition) is 1. The van der Waals surface area contributed by atoms with Crippen molar-refractivity contribution in [2.75, 3.05) is 6.26 Å². The molecule has 0 amide bonds. The van der Waals surface area contributed by atoms with Crippen LogP contribution in [-0.2, 0) is 0 Å². The summed E-state index contributed by atoms with van der Waals surface area (Å²) in [5, 5.41) is 9.02. The number of phenols is 1. The maximum Gasteiger partial charge on any atom is 0.178 e. The van der Waals surface area contributed by atoms with Gasteiger partial charge in [0.15, 0.2) is 11.6 Å². The van der Waals surface area contributed by atoms with Gasteiger partial charge < -0.3 is 5.11 Å². The minimum absolute atomic E-state index is 0.269. The van der Waals surface area contributed by atoms with Crippen molar-refractivity contribution in [2.24, 2.45) is 0 Å². The van der Waals surface area contributed by atoms with Crippen molar-refractivity contribution in [3.05, 3.63) is 23.5 Å². The maximum atomic E-state index is 12.9. The third-order valence-corrected chi connectivity index (χ3v) is 2.12. The zero-order valence-corrected chi connectivity index (χ0v) is 7.20. The molecule has 0 aromatic heterocycles. The van der Waals surface area contributed by atoms with Crippen molar-refractivity contribution in [3.8, 4) is 5.75 Å². The molecule has 0 fully saturated rings. The van der Waals surface area contributed by atoms with Gasteiger partial charge in [-0.25, -0.2) is 4.39 Å². The van der Waals surface area contributed by atoms with Crippen LogP contribution in [0.1, 0.15) is 5.56 Å². The third-order valence-electron chi connectivity index (χ3n) is 1.38. The fraction of sp³-hybridized carbons (Fsp3) is 0.250. The van der Waals surface area contributed by atoms with Crippen LogP contribution in [0.15, 0.2) is 17.0 Å². The van der Waals surface area contributed by atoms with E-state index < -0.39 is 5.82 Å². The van der Waals surface area contributed by atoms with Gasteiger partial charge >= 0.3 is 0 Å². The average molecular weight is 172 g/mol. The van der Waals surface area contributed by atoms with Gasteiger partial charge in [0.25, 0.3) is 0 Å². The van der Waals surface area contributed by atoms with Crippen LogP contribution in [0.2, 0.25) is 0 Å². The van der Waals surface area contributed by atoms with E-state index in [-0.39, 0.29) is 5.75 Å². The summed E-state index contributed by atoms with van der Waals surface area (Å²) < 4.78 is 12.9. The molecule has 0 unspecified atom stereocenters. The Morgan fingerprint density at radius 2 is 2.09 bits per heavy atom. The molecule has 0 saturated carbocycles. The molecule has 1 nitrogen and oxygen atoms in total. The van der Waals surface area contributed by atoms with Gasteiger partial charge in [-0.15, -0.1) is 11.8 Å². The van der Waals surface area contributed by atoms with Gasteiger partial charge in [-0.3, -0.25) is 0 Å². The molecule has 11 heavy (non-hydrogen) atoms. The molecule has 0 aliphatic carbocycles. The molecule has 60 valence electrons.